The van der Waals surface area contributed by atoms with Gasteiger partial charge in [-0.05, 0) is 24.6 Å². The molecule has 21 heavy (non-hydrogen) atoms. The zero-order chi connectivity index (χ0) is 16.2. The number of likely N-dealkylation sites (N-methyl/N-ethyl adjacent to an activating group) is 1. The first-order chi connectivity index (χ1) is 9.60. The normalized spacial score (nSPS) is 13.0. The zero-order valence-electron chi connectivity index (χ0n) is 11.8. The minimum atomic E-state index is -3.17. The van der Waals surface area contributed by atoms with Crippen LogP contribution in [0, 0.1) is 5.82 Å². The van der Waals surface area contributed by atoms with Crippen molar-refractivity contribution in [3.05, 3.63) is 34.1 Å². The highest BCUT2D eigenvalue weighted by Gasteiger charge is 2.20. The molecule has 5 nitrogen and oxygen atoms in total. The van der Waals surface area contributed by atoms with Gasteiger partial charge in [0.2, 0.25) is 5.91 Å². The highest BCUT2D eigenvalue weighted by Crippen LogP contribution is 2.17. The maximum absolute atomic E-state index is 13.6. The molecule has 0 spiro atoms. The molecule has 0 aliphatic rings. The lowest BCUT2D eigenvalue weighted by Crippen LogP contribution is -2.42. The van der Waals surface area contributed by atoms with Gasteiger partial charge in [0.25, 0.3) is 0 Å². The highest BCUT2D eigenvalue weighted by atomic mass is 79.9. The van der Waals surface area contributed by atoms with Crippen LogP contribution in [0.15, 0.2) is 22.7 Å². The fraction of sp³-hybridized carbons (Fsp3) is 0.462. The number of nitrogens with zero attached hydrogens (tertiary/aromatic N) is 1. The summed E-state index contributed by atoms with van der Waals surface area (Å²) in [6.07, 6.45) is 1.13. The number of hydrogen-bond donors (Lipinski definition) is 1. The summed E-state index contributed by atoms with van der Waals surface area (Å²) < 4.78 is 36.5. The van der Waals surface area contributed by atoms with Crippen molar-refractivity contribution in [3.63, 3.8) is 0 Å². The van der Waals surface area contributed by atoms with Crippen LogP contribution < -0.4 is 5.73 Å². The molecule has 118 valence electrons. The molecule has 1 unspecified atom stereocenters. The molecule has 1 amide bonds. The third kappa shape index (κ3) is 6.11. The molecular weight excluding hydrogens is 363 g/mol. The fourth-order valence-electron chi connectivity index (χ4n) is 1.75. The van der Waals surface area contributed by atoms with Gasteiger partial charge in [-0.25, -0.2) is 12.8 Å². The van der Waals surface area contributed by atoms with Gasteiger partial charge in [0.05, 0.1) is 11.8 Å². The van der Waals surface area contributed by atoms with Gasteiger partial charge in [0.1, 0.15) is 15.7 Å². The maximum Gasteiger partial charge on any atom is 0.239 e. The first kappa shape index (κ1) is 18.1. The second-order valence-electron chi connectivity index (χ2n) is 4.96. The molecule has 0 radical (unpaired) electrons. The van der Waals surface area contributed by atoms with Crippen molar-refractivity contribution < 1.29 is 17.6 Å². The lowest BCUT2D eigenvalue weighted by atomic mass is 10.1. The van der Waals surface area contributed by atoms with Gasteiger partial charge in [0.15, 0.2) is 0 Å². The van der Waals surface area contributed by atoms with Crippen LogP contribution in [0.5, 0.6) is 0 Å². The molecule has 0 saturated carbocycles. The molecule has 0 aromatic heterocycles. The van der Waals surface area contributed by atoms with Crippen molar-refractivity contribution in [1.82, 2.24) is 4.90 Å². The van der Waals surface area contributed by atoms with E-state index in [1.807, 2.05) is 0 Å². The maximum atomic E-state index is 13.6. The minimum Gasteiger partial charge on any atom is -0.340 e. The lowest BCUT2D eigenvalue weighted by Gasteiger charge is -2.21. The summed E-state index contributed by atoms with van der Waals surface area (Å²) in [6, 6.07) is 3.54. The first-order valence-corrected chi connectivity index (χ1v) is 9.07. The molecule has 1 atom stereocenters. The number of halogens is 2. The van der Waals surface area contributed by atoms with Gasteiger partial charge in [-0.15, -0.1) is 0 Å². The molecule has 0 aliphatic heterocycles. The number of carbonyl (C=O) groups is 1. The molecular formula is C13H18BrFN2O3S. The highest BCUT2D eigenvalue weighted by molar-refractivity contribution is 9.10. The summed E-state index contributed by atoms with van der Waals surface area (Å²) in [5, 5.41) is 0. The Kier molecular flexibility index (Phi) is 6.30. The van der Waals surface area contributed by atoms with E-state index in [0.717, 1.165) is 6.26 Å². The van der Waals surface area contributed by atoms with Crippen LogP contribution in [-0.2, 0) is 21.2 Å². The van der Waals surface area contributed by atoms with Gasteiger partial charge >= 0.3 is 0 Å². The summed E-state index contributed by atoms with van der Waals surface area (Å²) >= 11 is 3.24. The third-order valence-electron chi connectivity index (χ3n) is 2.91. The Balaban J connectivity index is 2.68. The number of sulfone groups is 1. The monoisotopic (exact) mass is 380 g/mol. The van der Waals surface area contributed by atoms with Gasteiger partial charge in [-0.2, -0.15) is 0 Å². The second-order valence-corrected chi connectivity index (χ2v) is 8.13. The molecule has 1 aromatic carbocycles. The summed E-state index contributed by atoms with van der Waals surface area (Å²) in [5.74, 6) is -0.987. The number of carbonyl (C=O) groups excluding carboxylic acids is 1. The summed E-state index contributed by atoms with van der Waals surface area (Å²) in [4.78, 5) is 13.3. The van der Waals surface area contributed by atoms with E-state index in [9.17, 15) is 17.6 Å². The first-order valence-electron chi connectivity index (χ1n) is 6.22. The Morgan fingerprint density at radius 1 is 1.48 bits per heavy atom. The predicted octanol–water partition coefficient (Wildman–Crippen LogP) is 1.31. The van der Waals surface area contributed by atoms with Crippen LogP contribution in [0.1, 0.15) is 12.0 Å². The molecule has 0 fully saturated rings. The average Bonchev–Trinajstić information content (AvgIpc) is 2.38. The SMILES string of the molecule is CN(Cc1cc(Br)ccc1F)C(=O)C(N)CCS(C)(=O)=O. The van der Waals surface area contributed by atoms with Crippen LogP contribution >= 0.6 is 15.9 Å². The number of rotatable bonds is 6. The van der Waals surface area contributed by atoms with E-state index in [1.165, 1.54) is 18.0 Å². The standard InChI is InChI=1S/C13H18BrFN2O3S/c1-17(8-9-7-10(14)3-4-11(9)15)13(18)12(16)5-6-21(2,19)20/h3-4,7,12H,5-6,8,16H2,1-2H3. The van der Waals surface area contributed by atoms with Crippen molar-refractivity contribution in [1.29, 1.82) is 0 Å². The number of amides is 1. The lowest BCUT2D eigenvalue weighted by molar-refractivity contribution is -0.131. The minimum absolute atomic E-state index is 0.0446. The van der Waals surface area contributed by atoms with Gasteiger partial charge in [-0.1, -0.05) is 15.9 Å². The van der Waals surface area contributed by atoms with Crippen molar-refractivity contribution in [2.45, 2.75) is 19.0 Å². The molecule has 0 saturated heterocycles. The van der Waals surface area contributed by atoms with E-state index in [4.69, 9.17) is 5.73 Å². The Labute approximate surface area is 132 Å². The predicted molar refractivity (Wildman–Crippen MR) is 82.9 cm³/mol. The molecule has 1 aromatic rings. The smallest absolute Gasteiger partial charge is 0.239 e. The summed E-state index contributed by atoms with van der Waals surface area (Å²) in [7, 11) is -1.66. The van der Waals surface area contributed by atoms with Crippen LogP contribution in [0.3, 0.4) is 0 Å². The van der Waals surface area contributed by atoms with Gasteiger partial charge in [0, 0.05) is 29.9 Å². The molecule has 1 rings (SSSR count). The topological polar surface area (TPSA) is 80.5 Å². The van der Waals surface area contributed by atoms with Crippen molar-refractivity contribution in [2.24, 2.45) is 5.73 Å². The Morgan fingerprint density at radius 2 is 2.10 bits per heavy atom. The van der Waals surface area contributed by atoms with Crippen LogP contribution in [0.4, 0.5) is 4.39 Å². The Hall–Kier alpha value is -0.990. The number of hydrogen-bond acceptors (Lipinski definition) is 4. The van der Waals surface area contributed by atoms with Crippen LogP contribution in [0.2, 0.25) is 0 Å². The van der Waals surface area contributed by atoms with Gasteiger partial charge < -0.3 is 10.6 Å². The van der Waals surface area contributed by atoms with E-state index in [-0.39, 0.29) is 18.7 Å². The summed E-state index contributed by atoms with van der Waals surface area (Å²) in [5.41, 5.74) is 6.05. The number of nitrogens with two attached hydrogens (primary N) is 1. The third-order valence-corrected chi connectivity index (χ3v) is 4.38. The molecule has 0 aliphatic carbocycles. The molecule has 0 bridgehead atoms. The quantitative estimate of drug-likeness (QED) is 0.806. The Bertz CT molecular complexity index is 622. The van der Waals surface area contributed by atoms with E-state index >= 15 is 0 Å². The molecule has 0 heterocycles. The van der Waals surface area contributed by atoms with E-state index in [2.05, 4.69) is 15.9 Å². The van der Waals surface area contributed by atoms with E-state index in [0.29, 0.717) is 10.0 Å². The zero-order valence-corrected chi connectivity index (χ0v) is 14.2. The van der Waals surface area contributed by atoms with Crippen molar-refractivity contribution in [2.75, 3.05) is 19.1 Å². The average molecular weight is 381 g/mol. The van der Waals surface area contributed by atoms with Crippen molar-refractivity contribution >= 4 is 31.7 Å². The van der Waals surface area contributed by atoms with Crippen LogP contribution in [0.25, 0.3) is 0 Å². The summed E-state index contributed by atoms with van der Waals surface area (Å²) in [6.45, 7) is 0.0662. The number of benzene rings is 1. The van der Waals surface area contributed by atoms with E-state index in [1.54, 1.807) is 12.1 Å². The van der Waals surface area contributed by atoms with Crippen LogP contribution in [-0.4, -0.2) is 44.3 Å². The van der Waals surface area contributed by atoms with Gasteiger partial charge in [-0.3, -0.25) is 4.79 Å². The Morgan fingerprint density at radius 3 is 2.67 bits per heavy atom. The largest absolute Gasteiger partial charge is 0.340 e. The fourth-order valence-corrected chi connectivity index (χ4v) is 2.84. The van der Waals surface area contributed by atoms with Crippen molar-refractivity contribution in [3.8, 4) is 0 Å². The second kappa shape index (κ2) is 7.33. The van der Waals surface area contributed by atoms with E-state index < -0.39 is 27.6 Å². The molecule has 2 N–H and O–H groups in total. The molecule has 8 heteroatoms.